The van der Waals surface area contributed by atoms with Gasteiger partial charge in [-0.15, -0.1) is 0 Å². The molecule has 0 saturated carbocycles. The molecule has 5 heteroatoms. The molecule has 1 amide bonds. The summed E-state index contributed by atoms with van der Waals surface area (Å²) in [4.78, 5) is 15.0. The maximum Gasteiger partial charge on any atom is 0.263 e. The molecule has 4 rings (SSSR count). The zero-order valence-electron chi connectivity index (χ0n) is 15.7. The zero-order valence-corrected chi connectivity index (χ0v) is 15.7. The number of epoxide rings is 1. The molecule has 0 aliphatic carbocycles. The van der Waals surface area contributed by atoms with E-state index < -0.39 is 6.10 Å². The van der Waals surface area contributed by atoms with Crippen molar-refractivity contribution in [3.8, 4) is 11.5 Å². The molecule has 142 valence electrons. The van der Waals surface area contributed by atoms with Gasteiger partial charge >= 0.3 is 0 Å². The molecule has 1 heterocycles. The third kappa shape index (κ3) is 3.57. The van der Waals surface area contributed by atoms with Gasteiger partial charge in [-0.05, 0) is 54.1 Å². The number of nitrogens with zero attached hydrogens (tertiary/aromatic N) is 1. The summed E-state index contributed by atoms with van der Waals surface area (Å²) in [6.07, 6.45) is -0.723. The van der Waals surface area contributed by atoms with Gasteiger partial charge in [-0.3, -0.25) is 9.69 Å². The Morgan fingerprint density at radius 1 is 0.786 bits per heavy atom. The Labute approximate surface area is 164 Å². The molecule has 1 fully saturated rings. The third-order valence-electron chi connectivity index (χ3n) is 4.74. The summed E-state index contributed by atoms with van der Waals surface area (Å²) in [7, 11) is 3.23. The van der Waals surface area contributed by atoms with Crippen LogP contribution in [-0.2, 0) is 9.53 Å². The highest BCUT2D eigenvalue weighted by Crippen LogP contribution is 2.42. The molecule has 0 unspecified atom stereocenters. The molecule has 0 aromatic heterocycles. The van der Waals surface area contributed by atoms with Gasteiger partial charge in [0.15, 0.2) is 6.10 Å². The second-order valence-electron chi connectivity index (χ2n) is 6.46. The second-order valence-corrected chi connectivity index (χ2v) is 6.46. The second kappa shape index (κ2) is 7.74. The number of hydrogen-bond acceptors (Lipinski definition) is 4. The molecule has 1 aliphatic heterocycles. The minimum Gasteiger partial charge on any atom is -0.497 e. The Hall–Kier alpha value is -3.31. The van der Waals surface area contributed by atoms with E-state index in [0.29, 0.717) is 0 Å². The van der Waals surface area contributed by atoms with Crippen LogP contribution in [0.1, 0.15) is 11.7 Å². The molecule has 3 aromatic carbocycles. The van der Waals surface area contributed by atoms with Crippen molar-refractivity contribution in [2.45, 2.75) is 12.2 Å². The third-order valence-corrected chi connectivity index (χ3v) is 4.74. The van der Waals surface area contributed by atoms with E-state index in [9.17, 15) is 4.79 Å². The predicted octanol–water partition coefficient (Wildman–Crippen LogP) is 4.51. The van der Waals surface area contributed by atoms with Crippen LogP contribution in [0.5, 0.6) is 11.5 Å². The van der Waals surface area contributed by atoms with Crippen LogP contribution >= 0.6 is 0 Å². The van der Waals surface area contributed by atoms with E-state index in [0.717, 1.165) is 28.4 Å². The lowest BCUT2D eigenvalue weighted by Gasteiger charge is -2.23. The average Bonchev–Trinajstić information content (AvgIpc) is 3.56. The summed E-state index contributed by atoms with van der Waals surface area (Å²) in [5.41, 5.74) is 2.50. The maximum atomic E-state index is 13.3. The number of benzene rings is 3. The van der Waals surface area contributed by atoms with Gasteiger partial charge in [0.1, 0.15) is 17.6 Å². The lowest BCUT2D eigenvalue weighted by atomic mass is 10.1. The van der Waals surface area contributed by atoms with Crippen LogP contribution in [0.4, 0.5) is 11.4 Å². The van der Waals surface area contributed by atoms with Crippen LogP contribution in [0.15, 0.2) is 78.9 Å². The SMILES string of the molecule is COc1ccc(N(C(=O)[C@@H]2O[C@H]2c2ccccc2)c2ccc(OC)cc2)cc1. The van der Waals surface area contributed by atoms with E-state index >= 15 is 0 Å². The fraction of sp³-hybridized carbons (Fsp3) is 0.174. The Bertz CT molecular complexity index is 891. The van der Waals surface area contributed by atoms with Crippen molar-refractivity contribution in [1.29, 1.82) is 0 Å². The molecule has 0 N–H and O–H groups in total. The van der Waals surface area contributed by atoms with Gasteiger partial charge in [0, 0.05) is 11.4 Å². The number of methoxy groups -OCH3 is 2. The minimum atomic E-state index is -0.508. The quantitative estimate of drug-likeness (QED) is 0.595. The van der Waals surface area contributed by atoms with E-state index in [-0.39, 0.29) is 12.0 Å². The summed E-state index contributed by atoms with van der Waals surface area (Å²) in [5.74, 6) is 1.36. The van der Waals surface area contributed by atoms with Crippen LogP contribution in [-0.4, -0.2) is 26.2 Å². The van der Waals surface area contributed by atoms with Crippen LogP contribution in [0, 0.1) is 0 Å². The molecule has 2 atom stereocenters. The lowest BCUT2D eigenvalue weighted by Crippen LogP contribution is -2.30. The van der Waals surface area contributed by atoms with E-state index in [2.05, 4.69) is 0 Å². The smallest absolute Gasteiger partial charge is 0.263 e. The first-order valence-electron chi connectivity index (χ1n) is 9.04. The number of carbonyl (C=O) groups excluding carboxylic acids is 1. The molecule has 28 heavy (non-hydrogen) atoms. The van der Waals surface area contributed by atoms with Crippen molar-refractivity contribution in [2.75, 3.05) is 19.1 Å². The monoisotopic (exact) mass is 375 g/mol. The Balaban J connectivity index is 1.65. The normalized spacial score (nSPS) is 17.6. The fourth-order valence-electron chi connectivity index (χ4n) is 3.19. The predicted molar refractivity (Wildman–Crippen MR) is 107 cm³/mol. The average molecular weight is 375 g/mol. The van der Waals surface area contributed by atoms with E-state index in [1.165, 1.54) is 0 Å². The molecule has 0 bridgehead atoms. The standard InChI is InChI=1S/C23H21NO4/c1-26-19-12-8-17(9-13-19)24(18-10-14-20(27-2)15-11-18)23(25)22-21(28-22)16-6-4-3-5-7-16/h3-15,21-22H,1-2H3/t21-,22+/m0/s1. The van der Waals surface area contributed by atoms with Crippen molar-refractivity contribution in [2.24, 2.45) is 0 Å². The van der Waals surface area contributed by atoms with Gasteiger partial charge < -0.3 is 14.2 Å². The number of amides is 1. The number of rotatable bonds is 6. The summed E-state index contributed by atoms with van der Waals surface area (Å²) >= 11 is 0. The molecule has 1 aliphatic rings. The Morgan fingerprint density at radius 2 is 1.29 bits per heavy atom. The van der Waals surface area contributed by atoms with Crippen molar-refractivity contribution in [3.63, 3.8) is 0 Å². The lowest BCUT2D eigenvalue weighted by molar-refractivity contribution is -0.119. The first kappa shape index (κ1) is 18.1. The van der Waals surface area contributed by atoms with E-state index in [1.54, 1.807) is 19.1 Å². The Morgan fingerprint density at radius 3 is 1.75 bits per heavy atom. The number of hydrogen-bond donors (Lipinski definition) is 0. The molecular weight excluding hydrogens is 354 g/mol. The maximum absolute atomic E-state index is 13.3. The van der Waals surface area contributed by atoms with Gasteiger partial charge in [-0.25, -0.2) is 0 Å². The van der Waals surface area contributed by atoms with Crippen LogP contribution in [0.3, 0.4) is 0 Å². The Kier molecular flexibility index (Phi) is 5.00. The highest BCUT2D eigenvalue weighted by Gasteiger charge is 2.48. The molecule has 0 radical (unpaired) electrons. The topological polar surface area (TPSA) is 51.3 Å². The van der Waals surface area contributed by atoms with Crippen LogP contribution in [0.25, 0.3) is 0 Å². The van der Waals surface area contributed by atoms with Crippen molar-refractivity contribution in [3.05, 3.63) is 84.4 Å². The minimum absolute atomic E-state index is 0.107. The van der Waals surface area contributed by atoms with E-state index in [4.69, 9.17) is 14.2 Å². The molecule has 3 aromatic rings. The van der Waals surface area contributed by atoms with Gasteiger partial charge in [0.05, 0.1) is 14.2 Å². The summed E-state index contributed by atoms with van der Waals surface area (Å²) in [5, 5.41) is 0. The van der Waals surface area contributed by atoms with E-state index in [1.807, 2.05) is 78.9 Å². The van der Waals surface area contributed by atoms with Gasteiger partial charge in [-0.1, -0.05) is 30.3 Å². The zero-order chi connectivity index (χ0) is 19.5. The summed E-state index contributed by atoms with van der Waals surface area (Å²) in [6.45, 7) is 0. The number of carbonyl (C=O) groups is 1. The fourth-order valence-corrected chi connectivity index (χ4v) is 3.19. The highest BCUT2D eigenvalue weighted by molar-refractivity contribution is 6.04. The molecule has 5 nitrogen and oxygen atoms in total. The first-order chi connectivity index (χ1) is 13.7. The molecular formula is C23H21NO4. The van der Waals surface area contributed by atoms with Gasteiger partial charge in [0.25, 0.3) is 5.91 Å². The highest BCUT2D eigenvalue weighted by atomic mass is 16.6. The van der Waals surface area contributed by atoms with Gasteiger partial charge in [-0.2, -0.15) is 0 Å². The summed E-state index contributed by atoms with van der Waals surface area (Å²) < 4.78 is 16.2. The first-order valence-corrected chi connectivity index (χ1v) is 9.04. The summed E-state index contributed by atoms with van der Waals surface area (Å²) in [6, 6.07) is 24.6. The number of anilines is 2. The van der Waals surface area contributed by atoms with Crippen LogP contribution < -0.4 is 14.4 Å². The molecule has 0 spiro atoms. The largest absolute Gasteiger partial charge is 0.497 e. The number of ether oxygens (including phenoxy) is 3. The van der Waals surface area contributed by atoms with Gasteiger partial charge in [0.2, 0.25) is 0 Å². The van der Waals surface area contributed by atoms with Crippen molar-refractivity contribution in [1.82, 2.24) is 0 Å². The molecule has 1 saturated heterocycles. The van der Waals surface area contributed by atoms with Crippen LogP contribution in [0.2, 0.25) is 0 Å². The van der Waals surface area contributed by atoms with Crippen molar-refractivity contribution >= 4 is 17.3 Å². The van der Waals surface area contributed by atoms with Crippen molar-refractivity contribution < 1.29 is 19.0 Å².